The lowest BCUT2D eigenvalue weighted by Crippen LogP contribution is -2.30. The molecule has 0 spiro atoms. The Labute approximate surface area is 123 Å². The summed E-state index contributed by atoms with van der Waals surface area (Å²) in [5, 5.41) is 1.97. The first-order valence-electron chi connectivity index (χ1n) is 6.13. The van der Waals surface area contributed by atoms with Gasteiger partial charge in [-0.1, -0.05) is 12.1 Å². The summed E-state index contributed by atoms with van der Waals surface area (Å²) in [6.45, 7) is 2.20. The van der Waals surface area contributed by atoms with Gasteiger partial charge in [-0.3, -0.25) is 0 Å². The predicted molar refractivity (Wildman–Crippen MR) is 79.8 cm³/mol. The standard InChI is InChI=1S/C13H17N3O2S2/c1-10(12-4-3-7-19-12)16(2)20(17,18)13-6-5-11(8-14)9-15-13/h3-7,9-10H,8,14H2,1-2H3. The van der Waals surface area contributed by atoms with Crippen molar-refractivity contribution < 1.29 is 8.42 Å². The highest BCUT2D eigenvalue weighted by atomic mass is 32.2. The van der Waals surface area contributed by atoms with E-state index in [0.717, 1.165) is 10.4 Å². The number of pyridine rings is 1. The second kappa shape index (κ2) is 6.01. The van der Waals surface area contributed by atoms with Gasteiger partial charge in [-0.15, -0.1) is 11.3 Å². The molecule has 2 aromatic heterocycles. The quantitative estimate of drug-likeness (QED) is 0.916. The lowest BCUT2D eigenvalue weighted by atomic mass is 10.3. The second-order valence-corrected chi connectivity index (χ2v) is 7.35. The van der Waals surface area contributed by atoms with Crippen LogP contribution in [0.15, 0.2) is 40.9 Å². The zero-order valence-electron chi connectivity index (χ0n) is 11.4. The average molecular weight is 311 g/mol. The van der Waals surface area contributed by atoms with Gasteiger partial charge in [0.05, 0.1) is 6.04 Å². The molecular weight excluding hydrogens is 294 g/mol. The summed E-state index contributed by atoms with van der Waals surface area (Å²) in [4.78, 5) is 4.99. The summed E-state index contributed by atoms with van der Waals surface area (Å²) >= 11 is 1.53. The minimum absolute atomic E-state index is 0.0422. The second-order valence-electron chi connectivity index (χ2n) is 4.42. The van der Waals surface area contributed by atoms with Crippen LogP contribution in [0.1, 0.15) is 23.4 Å². The number of aromatic nitrogens is 1. The number of rotatable bonds is 5. The maximum absolute atomic E-state index is 12.5. The van der Waals surface area contributed by atoms with E-state index in [-0.39, 0.29) is 11.1 Å². The molecular formula is C13H17N3O2S2. The lowest BCUT2D eigenvalue weighted by molar-refractivity contribution is 0.401. The van der Waals surface area contributed by atoms with E-state index in [9.17, 15) is 8.42 Å². The molecule has 0 aliphatic rings. The van der Waals surface area contributed by atoms with Crippen molar-refractivity contribution in [2.75, 3.05) is 7.05 Å². The van der Waals surface area contributed by atoms with Crippen molar-refractivity contribution in [3.63, 3.8) is 0 Å². The Hall–Kier alpha value is -1.28. The van der Waals surface area contributed by atoms with Crippen molar-refractivity contribution >= 4 is 21.4 Å². The Kier molecular flexibility index (Phi) is 4.54. The molecule has 0 amide bonds. The van der Waals surface area contributed by atoms with E-state index in [2.05, 4.69) is 4.98 Å². The van der Waals surface area contributed by atoms with Gasteiger partial charge < -0.3 is 5.73 Å². The van der Waals surface area contributed by atoms with Crippen LogP contribution in [0.5, 0.6) is 0 Å². The van der Waals surface area contributed by atoms with Crippen LogP contribution in [0.25, 0.3) is 0 Å². The van der Waals surface area contributed by atoms with Crippen LogP contribution < -0.4 is 5.73 Å². The Morgan fingerprint density at radius 1 is 1.40 bits per heavy atom. The zero-order valence-corrected chi connectivity index (χ0v) is 13.0. The number of nitrogens with zero attached hydrogens (tertiary/aromatic N) is 2. The van der Waals surface area contributed by atoms with Crippen LogP contribution in [0.2, 0.25) is 0 Å². The molecule has 0 saturated carbocycles. The summed E-state index contributed by atoms with van der Waals surface area (Å²) in [6, 6.07) is 6.78. The van der Waals surface area contributed by atoms with Gasteiger partial charge >= 0.3 is 0 Å². The van der Waals surface area contributed by atoms with Gasteiger partial charge in [-0.05, 0) is 30.0 Å². The first kappa shape index (κ1) is 15.1. The molecule has 20 heavy (non-hydrogen) atoms. The Balaban J connectivity index is 2.29. The normalized spacial score (nSPS) is 13.6. The van der Waals surface area contributed by atoms with E-state index in [1.54, 1.807) is 13.1 Å². The Morgan fingerprint density at radius 3 is 2.65 bits per heavy atom. The van der Waals surface area contributed by atoms with Gasteiger partial charge in [0.1, 0.15) is 0 Å². The Morgan fingerprint density at radius 2 is 2.15 bits per heavy atom. The van der Waals surface area contributed by atoms with Crippen molar-refractivity contribution in [1.29, 1.82) is 0 Å². The van der Waals surface area contributed by atoms with Gasteiger partial charge in [0.15, 0.2) is 5.03 Å². The molecule has 0 aromatic carbocycles. The van der Waals surface area contributed by atoms with Crippen molar-refractivity contribution in [3.8, 4) is 0 Å². The van der Waals surface area contributed by atoms with E-state index in [1.165, 1.54) is 27.9 Å². The fourth-order valence-electron chi connectivity index (χ4n) is 1.75. The zero-order chi connectivity index (χ0) is 14.8. The third kappa shape index (κ3) is 2.90. The van der Waals surface area contributed by atoms with Crippen molar-refractivity contribution in [3.05, 3.63) is 46.3 Å². The summed E-state index contributed by atoms with van der Waals surface area (Å²) in [6.07, 6.45) is 1.50. The van der Waals surface area contributed by atoms with E-state index in [4.69, 9.17) is 5.73 Å². The van der Waals surface area contributed by atoms with Crippen LogP contribution in [-0.4, -0.2) is 24.8 Å². The van der Waals surface area contributed by atoms with E-state index in [1.807, 2.05) is 24.4 Å². The highest BCUT2D eigenvalue weighted by Gasteiger charge is 2.27. The Bertz CT molecular complexity index is 651. The monoisotopic (exact) mass is 311 g/mol. The highest BCUT2D eigenvalue weighted by molar-refractivity contribution is 7.89. The molecule has 0 radical (unpaired) electrons. The maximum atomic E-state index is 12.5. The number of sulfonamides is 1. The molecule has 1 unspecified atom stereocenters. The van der Waals surface area contributed by atoms with Crippen LogP contribution in [0.3, 0.4) is 0 Å². The van der Waals surface area contributed by atoms with Gasteiger partial charge in [0, 0.05) is 24.7 Å². The number of hydrogen-bond donors (Lipinski definition) is 1. The third-order valence-corrected chi connectivity index (χ3v) is 6.06. The third-order valence-electron chi connectivity index (χ3n) is 3.18. The summed E-state index contributed by atoms with van der Waals surface area (Å²) in [5.74, 6) is 0. The molecule has 0 aliphatic heterocycles. The molecule has 1 atom stereocenters. The molecule has 2 rings (SSSR count). The van der Waals surface area contributed by atoms with Gasteiger partial charge in [0.2, 0.25) is 0 Å². The first-order chi connectivity index (χ1) is 9.46. The van der Waals surface area contributed by atoms with Crippen molar-refractivity contribution in [2.45, 2.75) is 24.5 Å². The van der Waals surface area contributed by atoms with Crippen molar-refractivity contribution in [1.82, 2.24) is 9.29 Å². The molecule has 7 heteroatoms. The molecule has 5 nitrogen and oxygen atoms in total. The smallest absolute Gasteiger partial charge is 0.260 e. The summed E-state index contributed by atoms with van der Waals surface area (Å²) in [7, 11) is -2.03. The molecule has 0 aliphatic carbocycles. The number of thiophene rings is 1. The van der Waals surface area contributed by atoms with Crippen LogP contribution in [0.4, 0.5) is 0 Å². The fourth-order valence-corrected chi connectivity index (χ4v) is 3.89. The van der Waals surface area contributed by atoms with Crippen LogP contribution in [-0.2, 0) is 16.6 Å². The van der Waals surface area contributed by atoms with Gasteiger partial charge in [0.25, 0.3) is 10.0 Å². The van der Waals surface area contributed by atoms with Crippen molar-refractivity contribution in [2.24, 2.45) is 5.73 Å². The topological polar surface area (TPSA) is 76.3 Å². The van der Waals surface area contributed by atoms with Crippen LogP contribution in [0, 0.1) is 0 Å². The molecule has 0 bridgehead atoms. The minimum Gasteiger partial charge on any atom is -0.326 e. The number of hydrogen-bond acceptors (Lipinski definition) is 5. The molecule has 2 aromatic rings. The summed E-state index contributed by atoms with van der Waals surface area (Å²) in [5.41, 5.74) is 6.29. The van der Waals surface area contributed by atoms with E-state index in [0.29, 0.717) is 6.54 Å². The molecule has 0 saturated heterocycles. The fraction of sp³-hybridized carbons (Fsp3) is 0.308. The largest absolute Gasteiger partial charge is 0.326 e. The van der Waals surface area contributed by atoms with E-state index < -0.39 is 10.0 Å². The highest BCUT2D eigenvalue weighted by Crippen LogP contribution is 2.27. The molecule has 2 heterocycles. The first-order valence-corrected chi connectivity index (χ1v) is 8.45. The van der Waals surface area contributed by atoms with Gasteiger partial charge in [-0.2, -0.15) is 4.31 Å². The number of nitrogens with two attached hydrogens (primary N) is 1. The SMILES string of the molecule is CC(c1cccs1)N(C)S(=O)(=O)c1ccc(CN)cn1. The summed E-state index contributed by atoms with van der Waals surface area (Å²) < 4.78 is 26.3. The molecule has 2 N–H and O–H groups in total. The predicted octanol–water partition coefficient (Wildman–Crippen LogP) is 1.98. The average Bonchev–Trinajstić information content (AvgIpc) is 3.00. The lowest BCUT2D eigenvalue weighted by Gasteiger charge is -2.23. The molecule has 0 fully saturated rings. The van der Waals surface area contributed by atoms with Gasteiger partial charge in [-0.25, -0.2) is 13.4 Å². The van der Waals surface area contributed by atoms with Crippen LogP contribution >= 0.6 is 11.3 Å². The minimum atomic E-state index is -3.60. The molecule has 108 valence electrons. The van der Waals surface area contributed by atoms with E-state index >= 15 is 0 Å². The maximum Gasteiger partial charge on any atom is 0.260 e.